The summed E-state index contributed by atoms with van der Waals surface area (Å²) in [7, 11) is 0. The summed E-state index contributed by atoms with van der Waals surface area (Å²) >= 11 is 0. The molecule has 0 saturated heterocycles. The van der Waals surface area contributed by atoms with Crippen LogP contribution in [0.1, 0.15) is 0 Å². The highest BCUT2D eigenvalue weighted by Gasteiger charge is 2.23. The van der Waals surface area contributed by atoms with Gasteiger partial charge in [-0.1, -0.05) is 224 Å². The number of para-hydroxylation sites is 9. The van der Waals surface area contributed by atoms with E-state index >= 15 is 0 Å². The first kappa shape index (κ1) is 68.0. The summed E-state index contributed by atoms with van der Waals surface area (Å²) in [5.74, 6) is 3.72. The van der Waals surface area contributed by atoms with E-state index in [0.29, 0.717) is 34.9 Å². The lowest BCUT2D eigenvalue weighted by Gasteiger charge is -2.12. The topological polar surface area (TPSA) is 115 Å². The molecule has 17 aromatic carbocycles. The average Bonchev–Trinajstić information content (AvgIpc) is 1.58. The molecule has 0 N–H and O–H groups in total. The number of nitrogens with zero attached hydrogens (tertiary/aromatic N) is 11. The molecule has 12 heteroatoms. The predicted molar refractivity (Wildman–Crippen MR) is 491 cm³/mol. The lowest BCUT2D eigenvalue weighted by atomic mass is 10.1. The molecule has 8 aromatic heterocycles. The molecule has 0 spiro atoms. The van der Waals surface area contributed by atoms with Crippen molar-refractivity contribution in [2.45, 2.75) is 0 Å². The fourth-order valence-corrected chi connectivity index (χ4v) is 18.2. The Kier molecular flexibility index (Phi) is 15.7. The van der Waals surface area contributed by atoms with Crippen LogP contribution < -0.4 is 0 Å². The normalized spacial score (nSPS) is 11.8. The van der Waals surface area contributed by atoms with E-state index in [2.05, 4.69) is 350 Å². The van der Waals surface area contributed by atoms with Crippen molar-refractivity contribution in [2.24, 2.45) is 0 Å². The third-order valence-corrected chi connectivity index (χ3v) is 23.7. The Morgan fingerprint density at radius 2 is 0.367 bits per heavy atom. The van der Waals surface area contributed by atoms with Crippen molar-refractivity contribution >= 4 is 131 Å². The quantitative estimate of drug-likeness (QED) is 0.127. The molecule has 8 heterocycles. The number of fused-ring (bicyclic) bond motifs is 18. The number of hydrogen-bond acceptors (Lipinski definition) is 7. The van der Waals surface area contributed by atoms with E-state index < -0.39 is 0 Å². The zero-order valence-electron chi connectivity index (χ0n) is 64.5. The van der Waals surface area contributed by atoms with Crippen molar-refractivity contribution in [3.05, 3.63) is 406 Å². The molecule has 0 aliphatic rings. The summed E-state index contributed by atoms with van der Waals surface area (Å²) in [4.78, 5) is 30.5. The van der Waals surface area contributed by atoms with Gasteiger partial charge in [0.15, 0.2) is 34.9 Å². The minimum absolute atomic E-state index is 0.608. The van der Waals surface area contributed by atoms with Crippen molar-refractivity contribution in [3.63, 3.8) is 0 Å². The molecule has 560 valence electrons. The minimum atomic E-state index is 0.608. The third-order valence-electron chi connectivity index (χ3n) is 23.7. The lowest BCUT2D eigenvalue weighted by molar-refractivity contribution is 0.669. The number of furan rings is 1. The van der Waals surface area contributed by atoms with Gasteiger partial charge in [0.05, 0.1) is 55.2 Å². The fraction of sp³-hybridized carbons (Fsp3) is 0. The SMILES string of the molecule is c1ccc(-c2nc(-c3ccc(-n4c5ccccc5c5cc(-n6c7ccccc7c7ccccc76)ccc54)cc3)nc(-c3ccc4c(c3)c3ccccc3n4-c3ccccc3)n2)cc1.c1ccc(-c2nc(-c3ccc(-n4c5ccccc5c5cc(-n6c7ccccc7c7ccccc76)ccc54)cc3)nc(-c3ccc4oc5ccccc5c4c3)n2)cc1. The number of benzene rings is 17. The van der Waals surface area contributed by atoms with Gasteiger partial charge in [-0.3, -0.25) is 0 Å². The maximum absolute atomic E-state index is 6.12. The van der Waals surface area contributed by atoms with Gasteiger partial charge in [-0.2, -0.15) is 0 Å². The highest BCUT2D eigenvalue weighted by Crippen LogP contribution is 2.43. The third kappa shape index (κ3) is 11.1. The van der Waals surface area contributed by atoms with E-state index in [0.717, 1.165) is 122 Å². The average molecular weight is 1530 g/mol. The molecule has 0 amide bonds. The second kappa shape index (κ2) is 27.7. The van der Waals surface area contributed by atoms with E-state index in [9.17, 15) is 0 Å². The summed E-state index contributed by atoms with van der Waals surface area (Å²) in [6, 6.07) is 143. The second-order valence-corrected chi connectivity index (χ2v) is 30.5. The van der Waals surface area contributed by atoms with E-state index in [1.165, 1.54) is 70.5 Å². The molecule has 25 aromatic rings. The highest BCUT2D eigenvalue weighted by molar-refractivity contribution is 6.16. The van der Waals surface area contributed by atoms with Crippen LogP contribution in [0.4, 0.5) is 0 Å². The first-order valence-corrected chi connectivity index (χ1v) is 40.4. The maximum Gasteiger partial charge on any atom is 0.164 e. The van der Waals surface area contributed by atoms with E-state index in [4.69, 9.17) is 34.3 Å². The van der Waals surface area contributed by atoms with Crippen molar-refractivity contribution in [3.8, 4) is 96.8 Å². The number of hydrogen-bond donors (Lipinski definition) is 0. The Balaban J connectivity index is 0.000000137. The van der Waals surface area contributed by atoms with Crippen molar-refractivity contribution in [1.82, 2.24) is 52.7 Å². The Hall–Kier alpha value is -16.4. The monoisotopic (exact) mass is 1530 g/mol. The van der Waals surface area contributed by atoms with Gasteiger partial charge >= 0.3 is 0 Å². The standard InChI is InChI=1S/C57H36N6.C51H31N5O/c1-3-15-37(16-4-1)55-58-56(60-57(59-55)39-29-33-53-47(35-39)45-21-9-13-25-51(45)61(53)40-17-5-2-6-18-40)38-27-30-41(31-28-38)62-52-26-14-10-22-46(52)48-36-42(32-34-54(48)62)63-49-23-11-7-19-43(49)44-20-8-12-24-50(44)63;1-2-12-32(13-3-1)49-52-50(54-51(53-49)34-24-29-48-42(30-34)40-17-7-11-21-47(40)57-48)33-22-25-35(26-23-33)55-45-20-10-6-16-39(45)41-31-36(27-28-46(41)55)56-43-18-8-4-14-37(43)38-15-5-9-19-44(38)56/h1-36H;1-31H. The highest BCUT2D eigenvalue weighted by atomic mass is 16.3. The maximum atomic E-state index is 6.12. The Labute approximate surface area is 687 Å². The minimum Gasteiger partial charge on any atom is -0.456 e. The fourth-order valence-electron chi connectivity index (χ4n) is 18.2. The predicted octanol–water partition coefficient (Wildman–Crippen LogP) is 27.1. The molecule has 25 rings (SSSR count). The van der Waals surface area contributed by atoms with Crippen LogP contribution in [0.25, 0.3) is 228 Å². The van der Waals surface area contributed by atoms with Gasteiger partial charge in [-0.05, 0) is 182 Å². The van der Waals surface area contributed by atoms with Gasteiger partial charge in [0.1, 0.15) is 11.2 Å². The van der Waals surface area contributed by atoms with Gasteiger partial charge in [0, 0.05) is 126 Å². The van der Waals surface area contributed by atoms with Gasteiger partial charge < -0.3 is 27.3 Å². The lowest BCUT2D eigenvalue weighted by Crippen LogP contribution is -2.01. The molecular weight excluding hydrogens is 1470 g/mol. The van der Waals surface area contributed by atoms with Crippen molar-refractivity contribution in [2.75, 3.05) is 0 Å². The molecule has 0 fully saturated rings. The molecular formula is C108H67N11O. The molecule has 120 heavy (non-hydrogen) atoms. The zero-order valence-corrected chi connectivity index (χ0v) is 64.5. The summed E-state index contributed by atoms with van der Waals surface area (Å²) < 4.78 is 17.9. The molecule has 0 aliphatic carbocycles. The molecule has 0 bridgehead atoms. The van der Waals surface area contributed by atoms with Crippen LogP contribution in [-0.4, -0.2) is 52.7 Å². The number of rotatable bonds is 11. The molecule has 0 unspecified atom stereocenters. The molecule has 0 saturated carbocycles. The van der Waals surface area contributed by atoms with Crippen LogP contribution in [0, 0.1) is 0 Å². The van der Waals surface area contributed by atoms with Crippen molar-refractivity contribution < 1.29 is 4.42 Å². The summed E-state index contributed by atoms with van der Waals surface area (Å²) in [5, 5.41) is 14.3. The molecule has 0 radical (unpaired) electrons. The largest absolute Gasteiger partial charge is 0.456 e. The van der Waals surface area contributed by atoms with Gasteiger partial charge in [0.25, 0.3) is 0 Å². The van der Waals surface area contributed by atoms with Crippen LogP contribution in [-0.2, 0) is 0 Å². The van der Waals surface area contributed by atoms with Crippen molar-refractivity contribution in [1.29, 1.82) is 0 Å². The Bertz CT molecular complexity index is 8300. The van der Waals surface area contributed by atoms with Crippen LogP contribution in [0.5, 0.6) is 0 Å². The van der Waals surface area contributed by atoms with Crippen LogP contribution in [0.3, 0.4) is 0 Å². The van der Waals surface area contributed by atoms with Crippen LogP contribution in [0.2, 0.25) is 0 Å². The van der Waals surface area contributed by atoms with Gasteiger partial charge in [-0.25, -0.2) is 29.9 Å². The van der Waals surface area contributed by atoms with E-state index in [1.54, 1.807) is 0 Å². The second-order valence-electron chi connectivity index (χ2n) is 30.5. The first-order valence-electron chi connectivity index (χ1n) is 40.4. The Morgan fingerprint density at radius 3 is 0.742 bits per heavy atom. The molecule has 0 aliphatic heterocycles. The Morgan fingerprint density at radius 1 is 0.142 bits per heavy atom. The van der Waals surface area contributed by atoms with Crippen LogP contribution in [0.15, 0.2) is 411 Å². The molecule has 0 atom stereocenters. The summed E-state index contributed by atoms with van der Waals surface area (Å²) in [6.45, 7) is 0. The smallest absolute Gasteiger partial charge is 0.164 e. The summed E-state index contributed by atoms with van der Waals surface area (Å²) in [5.41, 5.74) is 24.4. The molecule has 12 nitrogen and oxygen atoms in total. The first-order chi connectivity index (χ1) is 59.5. The van der Waals surface area contributed by atoms with Gasteiger partial charge in [0.2, 0.25) is 0 Å². The van der Waals surface area contributed by atoms with E-state index in [1.807, 2.05) is 78.9 Å². The zero-order chi connectivity index (χ0) is 78.9. The van der Waals surface area contributed by atoms with E-state index in [-0.39, 0.29) is 0 Å². The van der Waals surface area contributed by atoms with Crippen LogP contribution >= 0.6 is 0 Å². The van der Waals surface area contributed by atoms with Gasteiger partial charge in [-0.15, -0.1) is 0 Å². The summed E-state index contributed by atoms with van der Waals surface area (Å²) in [6.07, 6.45) is 0. The number of aromatic nitrogens is 11.